The summed E-state index contributed by atoms with van der Waals surface area (Å²) in [7, 11) is 1.87. The van der Waals surface area contributed by atoms with Gasteiger partial charge in [0, 0.05) is 26.2 Å². The number of hydrogen-bond donors (Lipinski definition) is 1. The minimum Gasteiger partial charge on any atom is -0.372 e. The van der Waals surface area contributed by atoms with Crippen molar-refractivity contribution in [3.05, 3.63) is 35.9 Å². The van der Waals surface area contributed by atoms with E-state index in [-0.39, 0.29) is 12.5 Å². The highest BCUT2D eigenvalue weighted by atomic mass is 16.5. The van der Waals surface area contributed by atoms with Crippen LogP contribution in [0, 0.1) is 0 Å². The largest absolute Gasteiger partial charge is 0.372 e. The standard InChI is InChI=1S/C16H24N2O2/c1-18(15-8-9-15)16(19)13-20-11-5-10-17-12-14-6-3-2-4-7-14/h2-4,6-7,15,17H,5,8-13H2,1H3. The first kappa shape index (κ1) is 15.0. The number of nitrogens with zero attached hydrogens (tertiary/aromatic N) is 1. The highest BCUT2D eigenvalue weighted by molar-refractivity contribution is 5.77. The third kappa shape index (κ3) is 5.31. The molecular weight excluding hydrogens is 252 g/mol. The van der Waals surface area contributed by atoms with Crippen molar-refractivity contribution < 1.29 is 9.53 Å². The van der Waals surface area contributed by atoms with E-state index in [1.165, 1.54) is 5.56 Å². The maximum atomic E-state index is 11.7. The van der Waals surface area contributed by atoms with Gasteiger partial charge < -0.3 is 15.0 Å². The van der Waals surface area contributed by atoms with E-state index in [1.807, 2.05) is 30.1 Å². The van der Waals surface area contributed by atoms with Crippen LogP contribution < -0.4 is 5.32 Å². The highest BCUT2D eigenvalue weighted by Gasteiger charge is 2.29. The number of carbonyl (C=O) groups is 1. The van der Waals surface area contributed by atoms with Gasteiger partial charge in [-0.2, -0.15) is 0 Å². The summed E-state index contributed by atoms with van der Waals surface area (Å²) in [6.45, 7) is 2.63. The van der Waals surface area contributed by atoms with Gasteiger partial charge in [0.1, 0.15) is 6.61 Å². The van der Waals surface area contributed by atoms with Gasteiger partial charge in [0.2, 0.25) is 5.91 Å². The number of ether oxygens (including phenoxy) is 1. The van der Waals surface area contributed by atoms with Crippen LogP contribution in [-0.4, -0.2) is 43.7 Å². The molecule has 0 radical (unpaired) electrons. The molecule has 4 heteroatoms. The number of benzene rings is 1. The minimum atomic E-state index is 0.102. The summed E-state index contributed by atoms with van der Waals surface area (Å²) in [5.74, 6) is 0.102. The molecule has 2 rings (SSSR count). The third-order valence-corrected chi connectivity index (χ3v) is 3.53. The van der Waals surface area contributed by atoms with Crippen molar-refractivity contribution in [2.45, 2.75) is 31.8 Å². The van der Waals surface area contributed by atoms with E-state index in [4.69, 9.17) is 4.74 Å². The topological polar surface area (TPSA) is 41.6 Å². The average molecular weight is 276 g/mol. The van der Waals surface area contributed by atoms with Crippen LogP contribution in [0.3, 0.4) is 0 Å². The van der Waals surface area contributed by atoms with Gasteiger partial charge >= 0.3 is 0 Å². The molecule has 20 heavy (non-hydrogen) atoms. The number of likely N-dealkylation sites (N-methyl/N-ethyl adjacent to an activating group) is 1. The quantitative estimate of drug-likeness (QED) is 0.699. The minimum absolute atomic E-state index is 0.102. The highest BCUT2D eigenvalue weighted by Crippen LogP contribution is 2.25. The molecule has 1 fully saturated rings. The smallest absolute Gasteiger partial charge is 0.248 e. The Hall–Kier alpha value is -1.39. The maximum absolute atomic E-state index is 11.7. The van der Waals surface area contributed by atoms with Crippen LogP contribution in [0.2, 0.25) is 0 Å². The fraction of sp³-hybridized carbons (Fsp3) is 0.562. The first-order valence-electron chi connectivity index (χ1n) is 7.35. The van der Waals surface area contributed by atoms with Crippen molar-refractivity contribution in [1.82, 2.24) is 10.2 Å². The summed E-state index contributed by atoms with van der Waals surface area (Å²) in [4.78, 5) is 13.5. The van der Waals surface area contributed by atoms with Crippen LogP contribution in [0.4, 0.5) is 0 Å². The first-order valence-corrected chi connectivity index (χ1v) is 7.35. The Balaban J connectivity index is 1.44. The fourth-order valence-corrected chi connectivity index (χ4v) is 2.05. The second-order valence-corrected chi connectivity index (χ2v) is 5.30. The Morgan fingerprint density at radius 3 is 2.80 bits per heavy atom. The van der Waals surface area contributed by atoms with E-state index >= 15 is 0 Å². The predicted molar refractivity (Wildman–Crippen MR) is 79.4 cm³/mol. The van der Waals surface area contributed by atoms with Gasteiger partial charge in [0.05, 0.1) is 0 Å². The molecule has 1 aromatic rings. The zero-order chi connectivity index (χ0) is 14.2. The predicted octanol–water partition coefficient (Wildman–Crippen LogP) is 1.80. The van der Waals surface area contributed by atoms with Gasteiger partial charge in [0.25, 0.3) is 0 Å². The number of nitrogens with one attached hydrogen (secondary N) is 1. The van der Waals surface area contributed by atoms with E-state index in [0.717, 1.165) is 32.4 Å². The number of hydrogen-bond acceptors (Lipinski definition) is 3. The van der Waals surface area contributed by atoms with Crippen LogP contribution in [0.1, 0.15) is 24.8 Å². The second-order valence-electron chi connectivity index (χ2n) is 5.30. The lowest BCUT2D eigenvalue weighted by atomic mass is 10.2. The van der Waals surface area contributed by atoms with Crippen LogP contribution >= 0.6 is 0 Å². The Morgan fingerprint density at radius 2 is 2.10 bits per heavy atom. The van der Waals surface area contributed by atoms with E-state index in [2.05, 4.69) is 17.4 Å². The van der Waals surface area contributed by atoms with Crippen LogP contribution in [-0.2, 0) is 16.1 Å². The summed E-state index contributed by atoms with van der Waals surface area (Å²) >= 11 is 0. The molecule has 0 unspecified atom stereocenters. The molecule has 0 aromatic heterocycles. The van der Waals surface area contributed by atoms with E-state index in [0.29, 0.717) is 12.6 Å². The molecule has 1 aromatic carbocycles. The fourth-order valence-electron chi connectivity index (χ4n) is 2.05. The lowest BCUT2D eigenvalue weighted by Gasteiger charge is -2.16. The molecular formula is C16H24N2O2. The molecule has 0 bridgehead atoms. The molecule has 4 nitrogen and oxygen atoms in total. The summed E-state index contributed by atoms with van der Waals surface area (Å²) in [5, 5.41) is 3.37. The molecule has 0 heterocycles. The summed E-state index contributed by atoms with van der Waals surface area (Å²) in [5.41, 5.74) is 1.29. The summed E-state index contributed by atoms with van der Waals surface area (Å²) < 4.78 is 5.42. The Bertz CT molecular complexity index is 404. The van der Waals surface area contributed by atoms with E-state index < -0.39 is 0 Å². The maximum Gasteiger partial charge on any atom is 0.248 e. The van der Waals surface area contributed by atoms with Crippen LogP contribution in [0.5, 0.6) is 0 Å². The Labute approximate surface area is 121 Å². The molecule has 0 aliphatic heterocycles. The van der Waals surface area contributed by atoms with E-state index in [1.54, 1.807) is 0 Å². The Kier molecular flexibility index (Phi) is 6.02. The molecule has 0 spiro atoms. The first-order chi connectivity index (χ1) is 9.77. The van der Waals surface area contributed by atoms with Crippen molar-refractivity contribution in [2.75, 3.05) is 26.8 Å². The molecule has 1 N–H and O–H groups in total. The zero-order valence-electron chi connectivity index (χ0n) is 12.2. The molecule has 1 aliphatic rings. The van der Waals surface area contributed by atoms with Crippen molar-refractivity contribution in [1.29, 1.82) is 0 Å². The molecule has 110 valence electrons. The van der Waals surface area contributed by atoms with Crippen molar-refractivity contribution in [3.63, 3.8) is 0 Å². The van der Waals surface area contributed by atoms with Crippen LogP contribution in [0.15, 0.2) is 30.3 Å². The van der Waals surface area contributed by atoms with Crippen LogP contribution in [0.25, 0.3) is 0 Å². The molecule has 1 amide bonds. The summed E-state index contributed by atoms with van der Waals surface area (Å²) in [6.07, 6.45) is 3.21. The van der Waals surface area contributed by atoms with Gasteiger partial charge in [0.15, 0.2) is 0 Å². The van der Waals surface area contributed by atoms with Crippen molar-refractivity contribution in [3.8, 4) is 0 Å². The van der Waals surface area contributed by atoms with Gasteiger partial charge in [-0.25, -0.2) is 0 Å². The van der Waals surface area contributed by atoms with Gasteiger partial charge in [-0.05, 0) is 31.4 Å². The lowest BCUT2D eigenvalue weighted by Crippen LogP contribution is -2.32. The molecule has 1 aliphatic carbocycles. The SMILES string of the molecule is CN(C(=O)COCCCNCc1ccccc1)C1CC1. The van der Waals surface area contributed by atoms with Crippen molar-refractivity contribution in [2.24, 2.45) is 0 Å². The molecule has 0 saturated heterocycles. The van der Waals surface area contributed by atoms with Gasteiger partial charge in [-0.3, -0.25) is 4.79 Å². The van der Waals surface area contributed by atoms with Crippen molar-refractivity contribution >= 4 is 5.91 Å². The van der Waals surface area contributed by atoms with Gasteiger partial charge in [-0.1, -0.05) is 30.3 Å². The number of carbonyl (C=O) groups excluding carboxylic acids is 1. The zero-order valence-corrected chi connectivity index (χ0v) is 12.2. The number of amides is 1. The number of rotatable bonds is 9. The summed E-state index contributed by atoms with van der Waals surface area (Å²) in [6, 6.07) is 10.8. The monoisotopic (exact) mass is 276 g/mol. The third-order valence-electron chi connectivity index (χ3n) is 3.53. The molecule has 1 saturated carbocycles. The molecule has 0 atom stereocenters. The normalized spacial score (nSPS) is 14.2. The van der Waals surface area contributed by atoms with E-state index in [9.17, 15) is 4.79 Å². The Morgan fingerprint density at radius 1 is 1.35 bits per heavy atom. The average Bonchev–Trinajstić information content (AvgIpc) is 3.31. The lowest BCUT2D eigenvalue weighted by molar-refractivity contribution is -0.135. The second kappa shape index (κ2) is 8.02. The van der Waals surface area contributed by atoms with Gasteiger partial charge in [-0.15, -0.1) is 0 Å².